The van der Waals surface area contributed by atoms with Gasteiger partial charge in [-0.15, -0.1) is 0 Å². The van der Waals surface area contributed by atoms with Gasteiger partial charge in [-0.1, -0.05) is 56.8 Å². The molecule has 160 valence electrons. The Bertz CT molecular complexity index is 606. The number of hydrogen-bond donors (Lipinski definition) is 1. The monoisotopic (exact) mass is 449 g/mol. The van der Waals surface area contributed by atoms with Gasteiger partial charge in [0.2, 0.25) is 0 Å². The van der Waals surface area contributed by atoms with Gasteiger partial charge in [0.05, 0.1) is 23.3 Å². The summed E-state index contributed by atoms with van der Waals surface area (Å²) in [6, 6.07) is 6.60. The molecule has 1 aliphatic carbocycles. The van der Waals surface area contributed by atoms with E-state index < -0.39 is 14.0 Å². The van der Waals surface area contributed by atoms with Gasteiger partial charge in [-0.2, -0.15) is 0 Å². The Morgan fingerprint density at radius 3 is 2.11 bits per heavy atom. The summed E-state index contributed by atoms with van der Waals surface area (Å²) in [6.45, 7) is 7.41. The third-order valence-electron chi connectivity index (χ3n) is 6.21. The zero-order valence-electron chi connectivity index (χ0n) is 17.5. The zero-order valence-corrected chi connectivity index (χ0v) is 20.1. The second kappa shape index (κ2) is 10.6. The predicted molar refractivity (Wildman–Crippen MR) is 119 cm³/mol. The molecule has 1 N–H and O–H groups in total. The van der Waals surface area contributed by atoms with Gasteiger partial charge in [-0.05, 0) is 43.1 Å². The van der Waals surface area contributed by atoms with Crippen LogP contribution in [-0.4, -0.2) is 34.2 Å². The molecular formula is C21H34Cl2FNO2Si. The minimum Gasteiger partial charge on any atom is -0.497 e. The van der Waals surface area contributed by atoms with Crippen molar-refractivity contribution in [2.45, 2.75) is 76.4 Å². The Labute approximate surface area is 180 Å². The minimum atomic E-state index is -1.91. The number of ether oxygens (including phenoxy) is 1. The molecule has 0 aromatic heterocycles. The molecule has 1 atom stereocenters. The van der Waals surface area contributed by atoms with Crippen LogP contribution in [0.1, 0.15) is 58.1 Å². The van der Waals surface area contributed by atoms with Crippen LogP contribution in [0, 0.1) is 0 Å². The molecular weight excluding hydrogens is 416 g/mol. The molecule has 2 rings (SSSR count). The Kier molecular flexibility index (Phi) is 9.08. The van der Waals surface area contributed by atoms with Crippen LogP contribution in [0.25, 0.3) is 0 Å². The lowest BCUT2D eigenvalue weighted by molar-refractivity contribution is 0.146. The molecule has 0 aliphatic heterocycles. The average Bonchev–Trinajstić information content (AvgIpc) is 3.11. The first-order chi connectivity index (χ1) is 13.3. The first kappa shape index (κ1) is 23.9. The largest absolute Gasteiger partial charge is 0.497 e. The average molecular weight is 450 g/mol. The quantitative estimate of drug-likeness (QED) is 0.371. The normalized spacial score (nSPS) is 17.7. The van der Waals surface area contributed by atoms with E-state index in [9.17, 15) is 4.39 Å². The highest BCUT2D eigenvalue weighted by Gasteiger charge is 2.36. The summed E-state index contributed by atoms with van der Waals surface area (Å²) in [5.41, 5.74) is -0.337. The van der Waals surface area contributed by atoms with Crippen molar-refractivity contribution in [3.63, 3.8) is 0 Å². The van der Waals surface area contributed by atoms with Crippen molar-refractivity contribution < 1.29 is 13.6 Å². The summed E-state index contributed by atoms with van der Waals surface area (Å²) >= 11 is 13.1. The number of halogens is 3. The van der Waals surface area contributed by atoms with Crippen molar-refractivity contribution in [3.05, 3.63) is 27.7 Å². The van der Waals surface area contributed by atoms with Crippen molar-refractivity contribution in [3.8, 4) is 5.75 Å². The van der Waals surface area contributed by atoms with Crippen molar-refractivity contribution in [1.29, 1.82) is 0 Å². The highest BCUT2D eigenvalue weighted by molar-refractivity contribution is 6.73. The van der Waals surface area contributed by atoms with Crippen LogP contribution in [0.15, 0.2) is 12.1 Å². The molecule has 1 aromatic carbocycles. The number of alkyl halides is 1. The van der Waals surface area contributed by atoms with E-state index in [0.717, 1.165) is 36.5 Å². The summed E-state index contributed by atoms with van der Waals surface area (Å²) in [7, 11) is -0.327. The van der Waals surface area contributed by atoms with Gasteiger partial charge < -0.3 is 14.5 Å². The van der Waals surface area contributed by atoms with E-state index in [2.05, 4.69) is 26.1 Å². The SMILES string of the molecule is CC[Si](CC)(CC)OC(CNCC1(F)CCCC1)c1c(Cl)cc(OC)cc1Cl. The molecule has 1 aliphatic rings. The molecule has 1 fully saturated rings. The number of nitrogens with one attached hydrogen (secondary N) is 1. The van der Waals surface area contributed by atoms with E-state index in [4.69, 9.17) is 32.4 Å². The fourth-order valence-corrected chi connectivity index (χ4v) is 7.62. The molecule has 1 saturated carbocycles. The Morgan fingerprint density at radius 1 is 1.11 bits per heavy atom. The van der Waals surface area contributed by atoms with E-state index in [1.54, 1.807) is 19.2 Å². The Morgan fingerprint density at radius 2 is 1.64 bits per heavy atom. The number of rotatable bonds is 11. The van der Waals surface area contributed by atoms with Gasteiger partial charge in [-0.25, -0.2) is 4.39 Å². The molecule has 0 bridgehead atoms. The lowest BCUT2D eigenvalue weighted by atomic mass is 10.0. The highest BCUT2D eigenvalue weighted by Crippen LogP contribution is 2.39. The molecule has 0 heterocycles. The third kappa shape index (κ3) is 5.85. The molecule has 0 saturated heterocycles. The van der Waals surface area contributed by atoms with Crippen molar-refractivity contribution >= 4 is 31.5 Å². The zero-order chi connectivity index (χ0) is 20.8. The van der Waals surface area contributed by atoms with E-state index in [0.29, 0.717) is 41.7 Å². The smallest absolute Gasteiger partial charge is 0.192 e. The molecule has 3 nitrogen and oxygen atoms in total. The molecule has 28 heavy (non-hydrogen) atoms. The standard InChI is InChI=1S/C21H34Cl2FNO2Si/c1-5-28(6-2,7-3)27-19(14-25-15-21(24)10-8-9-11-21)20-17(22)12-16(26-4)13-18(20)23/h12-13,19,25H,5-11,14-15H2,1-4H3. The lowest BCUT2D eigenvalue weighted by Gasteiger charge is -2.35. The number of hydrogen-bond acceptors (Lipinski definition) is 3. The van der Waals surface area contributed by atoms with Gasteiger partial charge in [0.25, 0.3) is 0 Å². The summed E-state index contributed by atoms with van der Waals surface area (Å²) in [4.78, 5) is 0. The van der Waals surface area contributed by atoms with Crippen molar-refractivity contribution in [2.24, 2.45) is 0 Å². The Hall–Kier alpha value is -0.333. The fourth-order valence-electron chi connectivity index (χ4n) is 4.10. The van der Waals surface area contributed by atoms with E-state index in [-0.39, 0.29) is 6.10 Å². The fraction of sp³-hybridized carbons (Fsp3) is 0.714. The van der Waals surface area contributed by atoms with Crippen LogP contribution in [0.4, 0.5) is 4.39 Å². The molecule has 7 heteroatoms. The van der Waals surface area contributed by atoms with Crippen LogP contribution in [0.5, 0.6) is 5.75 Å². The maximum atomic E-state index is 14.8. The Balaban J connectivity index is 2.25. The second-order valence-corrected chi connectivity index (χ2v) is 13.4. The molecule has 1 unspecified atom stereocenters. The van der Waals surface area contributed by atoms with Crippen molar-refractivity contribution in [2.75, 3.05) is 20.2 Å². The van der Waals surface area contributed by atoms with Crippen LogP contribution in [0.2, 0.25) is 28.2 Å². The summed E-state index contributed by atoms with van der Waals surface area (Å²) in [6.07, 6.45) is 2.89. The van der Waals surface area contributed by atoms with Crippen LogP contribution in [-0.2, 0) is 4.43 Å². The van der Waals surface area contributed by atoms with Crippen molar-refractivity contribution in [1.82, 2.24) is 5.32 Å². The molecule has 0 spiro atoms. The highest BCUT2D eigenvalue weighted by atomic mass is 35.5. The maximum Gasteiger partial charge on any atom is 0.192 e. The lowest BCUT2D eigenvalue weighted by Crippen LogP contribution is -2.42. The second-order valence-electron chi connectivity index (χ2n) is 7.84. The third-order valence-corrected chi connectivity index (χ3v) is 11.5. The molecule has 0 amide bonds. The first-order valence-electron chi connectivity index (χ1n) is 10.4. The van der Waals surface area contributed by atoms with Gasteiger partial charge in [0.1, 0.15) is 11.4 Å². The maximum absolute atomic E-state index is 14.8. The molecule has 1 aromatic rings. The van der Waals surface area contributed by atoms with Crippen LogP contribution in [0.3, 0.4) is 0 Å². The van der Waals surface area contributed by atoms with Gasteiger partial charge in [0.15, 0.2) is 8.32 Å². The minimum absolute atomic E-state index is 0.303. The number of methoxy groups -OCH3 is 1. The summed E-state index contributed by atoms with van der Waals surface area (Å²) in [5.74, 6) is 0.615. The van der Waals surface area contributed by atoms with E-state index in [1.165, 1.54) is 0 Å². The van der Waals surface area contributed by atoms with Gasteiger partial charge >= 0.3 is 0 Å². The van der Waals surface area contributed by atoms with Gasteiger partial charge in [0, 0.05) is 18.7 Å². The van der Waals surface area contributed by atoms with E-state index in [1.807, 2.05) is 0 Å². The molecule has 0 radical (unpaired) electrons. The number of benzene rings is 1. The topological polar surface area (TPSA) is 30.5 Å². The summed E-state index contributed by atoms with van der Waals surface area (Å²) in [5, 5.41) is 4.37. The van der Waals surface area contributed by atoms with E-state index >= 15 is 0 Å². The van der Waals surface area contributed by atoms with Crippen LogP contribution >= 0.6 is 23.2 Å². The van der Waals surface area contributed by atoms with Crippen LogP contribution < -0.4 is 10.1 Å². The van der Waals surface area contributed by atoms with Gasteiger partial charge in [-0.3, -0.25) is 0 Å². The summed E-state index contributed by atoms with van der Waals surface area (Å²) < 4.78 is 26.8. The first-order valence-corrected chi connectivity index (χ1v) is 13.7. The predicted octanol–water partition coefficient (Wildman–Crippen LogP) is 6.94.